The molecule has 0 aliphatic heterocycles. The van der Waals surface area contributed by atoms with Crippen LogP contribution in [0.25, 0.3) is 0 Å². The Bertz CT molecular complexity index is 1140. The van der Waals surface area contributed by atoms with Gasteiger partial charge in [-0.05, 0) is 32.1 Å². The van der Waals surface area contributed by atoms with Gasteiger partial charge in [0, 0.05) is 12.8 Å². The van der Waals surface area contributed by atoms with Crippen molar-refractivity contribution >= 4 is 11.9 Å². The van der Waals surface area contributed by atoms with Gasteiger partial charge < -0.3 is 20.3 Å². The molecule has 0 fully saturated rings. The van der Waals surface area contributed by atoms with Gasteiger partial charge in [-0.3, -0.25) is 9.59 Å². The molecule has 0 rings (SSSR count). The van der Waals surface area contributed by atoms with E-state index in [1.54, 1.807) is 6.08 Å². The van der Waals surface area contributed by atoms with Crippen molar-refractivity contribution in [3.05, 3.63) is 12.2 Å². The molecule has 3 N–H and O–H groups in total. The monoisotopic (exact) mass is 1070 g/mol. The number of carbonyl (C=O) groups excluding carboxylic acids is 2. The maximum Gasteiger partial charge on any atom is 0.305 e. The number of hydrogen-bond donors (Lipinski definition) is 3. The van der Waals surface area contributed by atoms with Gasteiger partial charge in [-0.15, -0.1) is 0 Å². The van der Waals surface area contributed by atoms with Crippen molar-refractivity contribution < 1.29 is 24.5 Å². The molecule has 6 nitrogen and oxygen atoms in total. The number of unbranched alkanes of at least 4 members (excludes halogenated alkanes) is 55. The summed E-state index contributed by atoms with van der Waals surface area (Å²) in [4.78, 5) is 24.5. The van der Waals surface area contributed by atoms with Crippen molar-refractivity contribution in [1.29, 1.82) is 0 Å². The second kappa shape index (κ2) is 66.1. The molecule has 0 aromatic carbocycles. The van der Waals surface area contributed by atoms with Gasteiger partial charge in [0.25, 0.3) is 0 Å². The minimum atomic E-state index is -0.838. The first-order valence-electron chi connectivity index (χ1n) is 35.0. The van der Waals surface area contributed by atoms with Crippen LogP contribution >= 0.6 is 0 Å². The molecule has 0 spiro atoms. The number of nitrogens with one attached hydrogen (secondary N) is 1. The predicted octanol–water partition coefficient (Wildman–Crippen LogP) is 22.4. The number of rotatable bonds is 66. The number of ether oxygens (including phenoxy) is 1. The summed E-state index contributed by atoms with van der Waals surface area (Å²) in [5, 5.41) is 23.1. The van der Waals surface area contributed by atoms with Gasteiger partial charge in [-0.2, -0.15) is 0 Å². The Morgan fingerprint density at radius 2 is 0.605 bits per heavy atom. The summed E-state index contributed by atoms with van der Waals surface area (Å²) in [6, 6.07) is -0.621. The quantitative estimate of drug-likeness (QED) is 0.0320. The van der Waals surface area contributed by atoms with Crippen molar-refractivity contribution in [3.8, 4) is 0 Å². The molecule has 0 aliphatic rings. The summed E-state index contributed by atoms with van der Waals surface area (Å²) in [5.74, 6) is -0.0373. The van der Waals surface area contributed by atoms with Crippen LogP contribution in [0, 0.1) is 0 Å². The van der Waals surface area contributed by atoms with E-state index >= 15 is 0 Å². The first-order chi connectivity index (χ1) is 37.5. The molecule has 0 saturated heterocycles. The fourth-order valence-corrected chi connectivity index (χ4v) is 11.2. The molecule has 0 radical (unpaired) electrons. The Kier molecular flexibility index (Phi) is 64.9. The predicted molar refractivity (Wildman–Crippen MR) is 333 cm³/mol. The summed E-state index contributed by atoms with van der Waals surface area (Å²) in [6.45, 7) is 4.93. The fourth-order valence-electron chi connectivity index (χ4n) is 11.2. The molecule has 6 heteroatoms. The fraction of sp³-hybridized carbons (Fsp3) is 0.943. The molecule has 2 atom stereocenters. The second-order valence-electron chi connectivity index (χ2n) is 24.2. The van der Waals surface area contributed by atoms with Gasteiger partial charge in [-0.1, -0.05) is 366 Å². The van der Waals surface area contributed by atoms with Crippen LogP contribution < -0.4 is 5.32 Å². The summed E-state index contributed by atoms with van der Waals surface area (Å²) in [7, 11) is 0. The second-order valence-corrected chi connectivity index (χ2v) is 24.2. The van der Waals surface area contributed by atoms with E-state index in [0.717, 1.165) is 38.5 Å². The Morgan fingerprint density at radius 3 is 0.895 bits per heavy atom. The number of aliphatic hydroxyl groups is 2. The largest absolute Gasteiger partial charge is 0.466 e. The van der Waals surface area contributed by atoms with Gasteiger partial charge in [0.1, 0.15) is 0 Å². The molecular weight excluding hydrogens is 935 g/mol. The van der Waals surface area contributed by atoms with Crippen molar-refractivity contribution in [3.63, 3.8) is 0 Å². The Morgan fingerprint density at radius 1 is 0.355 bits per heavy atom. The first-order valence-corrected chi connectivity index (χ1v) is 35.0. The molecule has 0 aromatic heterocycles. The number of hydrogen-bond acceptors (Lipinski definition) is 5. The van der Waals surface area contributed by atoms with Crippen LogP contribution in [0.3, 0.4) is 0 Å². The lowest BCUT2D eigenvalue weighted by Gasteiger charge is -2.20. The molecule has 0 bridgehead atoms. The highest BCUT2D eigenvalue weighted by Gasteiger charge is 2.18. The maximum atomic E-state index is 12.4. The third-order valence-electron chi connectivity index (χ3n) is 16.6. The summed E-state index contributed by atoms with van der Waals surface area (Å²) in [5.41, 5.74) is 0. The summed E-state index contributed by atoms with van der Waals surface area (Å²) >= 11 is 0. The highest BCUT2D eigenvalue weighted by Crippen LogP contribution is 2.19. The van der Waals surface area contributed by atoms with E-state index in [4.69, 9.17) is 4.74 Å². The lowest BCUT2D eigenvalue weighted by atomic mass is 10.0. The lowest BCUT2D eigenvalue weighted by molar-refractivity contribution is -0.143. The minimum absolute atomic E-state index is 0.0246. The highest BCUT2D eigenvalue weighted by molar-refractivity contribution is 5.76. The maximum absolute atomic E-state index is 12.4. The van der Waals surface area contributed by atoms with Gasteiger partial charge >= 0.3 is 5.97 Å². The third kappa shape index (κ3) is 61.8. The Balaban J connectivity index is 3.28. The molecular formula is C70H137NO5. The van der Waals surface area contributed by atoms with Crippen molar-refractivity contribution in [2.75, 3.05) is 13.2 Å². The number of allylic oxidation sites excluding steroid dienone is 1. The molecule has 0 aliphatic carbocycles. The van der Waals surface area contributed by atoms with Gasteiger partial charge in [0.15, 0.2) is 0 Å². The average Bonchev–Trinajstić information content (AvgIpc) is 3.42. The van der Waals surface area contributed by atoms with Crippen LogP contribution in [0.1, 0.15) is 399 Å². The molecule has 1 amide bonds. The number of carbonyl (C=O) groups is 2. The van der Waals surface area contributed by atoms with E-state index in [1.807, 2.05) is 6.08 Å². The standard InChI is InChI=1S/C70H137NO5/c1-3-5-7-9-11-13-15-39-44-48-52-56-60-64-70(75)76-65-61-57-53-49-45-41-38-36-34-32-30-28-26-24-22-20-18-16-17-19-21-23-25-27-29-31-33-35-37-40-43-47-51-55-59-63-69(74)71-67(66-72)68(73)62-58-54-50-46-42-14-12-10-8-6-4-2/h58,62,67-68,72-73H,3-57,59-61,63-66H2,1-2H3,(H,71,74)/b62-58+. The van der Waals surface area contributed by atoms with Crippen molar-refractivity contribution in [2.24, 2.45) is 0 Å². The Labute approximate surface area is 476 Å². The van der Waals surface area contributed by atoms with Crippen molar-refractivity contribution in [2.45, 2.75) is 411 Å². The summed E-state index contributed by atoms with van der Waals surface area (Å²) < 4.78 is 5.49. The van der Waals surface area contributed by atoms with Gasteiger partial charge in [-0.25, -0.2) is 0 Å². The van der Waals surface area contributed by atoms with E-state index in [0.29, 0.717) is 19.4 Å². The molecule has 2 unspecified atom stereocenters. The van der Waals surface area contributed by atoms with Crippen LogP contribution in [0.4, 0.5) is 0 Å². The average molecular weight is 1070 g/mol. The highest BCUT2D eigenvalue weighted by atomic mass is 16.5. The van der Waals surface area contributed by atoms with Crippen molar-refractivity contribution in [1.82, 2.24) is 5.32 Å². The zero-order valence-corrected chi connectivity index (χ0v) is 51.8. The van der Waals surface area contributed by atoms with E-state index < -0.39 is 12.1 Å². The van der Waals surface area contributed by atoms with E-state index in [9.17, 15) is 19.8 Å². The summed E-state index contributed by atoms with van der Waals surface area (Å²) in [6.07, 6.45) is 81.7. The molecule has 76 heavy (non-hydrogen) atoms. The van der Waals surface area contributed by atoms with Crippen LogP contribution in [-0.4, -0.2) is 47.4 Å². The van der Waals surface area contributed by atoms with Crippen LogP contribution in [0.15, 0.2) is 12.2 Å². The number of esters is 1. The van der Waals surface area contributed by atoms with E-state index in [-0.39, 0.29) is 18.5 Å². The van der Waals surface area contributed by atoms with Gasteiger partial charge in [0.2, 0.25) is 5.91 Å². The zero-order chi connectivity index (χ0) is 55.0. The first kappa shape index (κ1) is 74.6. The van der Waals surface area contributed by atoms with E-state index in [2.05, 4.69) is 19.2 Å². The lowest BCUT2D eigenvalue weighted by Crippen LogP contribution is -2.45. The number of amides is 1. The Hall–Kier alpha value is -1.40. The number of aliphatic hydroxyl groups excluding tert-OH is 2. The van der Waals surface area contributed by atoms with Crippen LogP contribution in [0.5, 0.6) is 0 Å². The third-order valence-corrected chi connectivity index (χ3v) is 16.6. The molecule has 0 aromatic rings. The van der Waals surface area contributed by atoms with E-state index in [1.165, 1.54) is 334 Å². The topological polar surface area (TPSA) is 95.9 Å². The SMILES string of the molecule is CCCCCCCCCCC/C=C/C(O)C(CO)NC(=O)CCCCCCCCCCCCCCCCCCCCCCCCCCCCCCCCCCCCCOC(=O)CCCCCCCCCCCCCCC. The molecule has 0 heterocycles. The normalized spacial score (nSPS) is 12.5. The molecule has 452 valence electrons. The smallest absolute Gasteiger partial charge is 0.305 e. The minimum Gasteiger partial charge on any atom is -0.466 e. The van der Waals surface area contributed by atoms with Gasteiger partial charge in [0.05, 0.1) is 25.4 Å². The van der Waals surface area contributed by atoms with Crippen LogP contribution in [0.2, 0.25) is 0 Å². The zero-order valence-electron chi connectivity index (χ0n) is 51.8. The van der Waals surface area contributed by atoms with Crippen LogP contribution in [-0.2, 0) is 14.3 Å². The molecule has 0 saturated carbocycles.